The third-order valence-electron chi connectivity index (χ3n) is 10.1. The van der Waals surface area contributed by atoms with Gasteiger partial charge in [0, 0.05) is 27.3 Å². The van der Waals surface area contributed by atoms with Crippen molar-refractivity contribution in [2.45, 2.75) is 0 Å². The van der Waals surface area contributed by atoms with Crippen LogP contribution in [0.25, 0.3) is 111 Å². The molecule has 3 heterocycles. The van der Waals surface area contributed by atoms with E-state index in [9.17, 15) is 0 Å². The van der Waals surface area contributed by atoms with Crippen LogP contribution in [0.2, 0.25) is 0 Å². The van der Waals surface area contributed by atoms with Crippen molar-refractivity contribution in [2.75, 3.05) is 0 Å². The van der Waals surface area contributed by atoms with Gasteiger partial charge in [-0.1, -0.05) is 115 Å². The van der Waals surface area contributed by atoms with Crippen molar-refractivity contribution in [2.24, 2.45) is 0 Å². The van der Waals surface area contributed by atoms with Gasteiger partial charge < -0.3 is 13.3 Å². The second-order valence-corrected chi connectivity index (χ2v) is 13.0. The fourth-order valence-corrected chi connectivity index (χ4v) is 7.86. The monoisotopic (exact) mass is 653 g/mol. The summed E-state index contributed by atoms with van der Waals surface area (Å²) in [6.07, 6.45) is 0. The van der Waals surface area contributed by atoms with E-state index in [0.717, 1.165) is 66.4 Å². The molecule has 0 spiro atoms. The normalized spacial score (nSPS) is 11.9. The quantitative estimate of drug-likeness (QED) is 0.177. The topological polar surface area (TPSA) is 52.3 Å². The molecular weight excluding hydrogens is 627 g/mol. The summed E-state index contributed by atoms with van der Waals surface area (Å²) < 4.78 is 19.2. The molecule has 238 valence electrons. The second-order valence-electron chi connectivity index (χ2n) is 13.0. The summed E-state index contributed by atoms with van der Waals surface area (Å²) in [5, 5.41) is 7.89. The van der Waals surface area contributed by atoms with Crippen LogP contribution < -0.4 is 0 Å². The van der Waals surface area contributed by atoms with Gasteiger partial charge in [-0.2, -0.15) is 0 Å². The third-order valence-corrected chi connectivity index (χ3v) is 10.1. The molecule has 0 bridgehead atoms. The number of hydrogen-bond donors (Lipinski definition) is 0. The Morgan fingerprint density at radius 3 is 1.76 bits per heavy atom. The van der Waals surface area contributed by atoms with E-state index in [0.29, 0.717) is 11.5 Å². The van der Waals surface area contributed by atoms with Crippen molar-refractivity contribution in [3.63, 3.8) is 0 Å². The summed E-state index contributed by atoms with van der Waals surface area (Å²) in [5.41, 5.74) is 10.5. The number of hydrogen-bond acceptors (Lipinski definition) is 4. The highest BCUT2D eigenvalue weighted by molar-refractivity contribution is 6.26. The second kappa shape index (κ2) is 10.8. The molecule has 3 aromatic heterocycles. The first-order valence-electron chi connectivity index (χ1n) is 17.1. The molecule has 51 heavy (non-hydrogen) atoms. The van der Waals surface area contributed by atoms with E-state index in [2.05, 4.69) is 103 Å². The SMILES string of the molecule is c1ccc(-c2cc3cc(-c4c5ccccc5c(-c5cccc6oc7c(ccc8oc(-c9ccccc9)nc87)c56)c5ccccc45)ccc3o2)cc1. The zero-order chi connectivity index (χ0) is 33.5. The summed E-state index contributed by atoms with van der Waals surface area (Å²) in [5.74, 6) is 1.45. The molecule has 4 nitrogen and oxygen atoms in total. The van der Waals surface area contributed by atoms with Crippen LogP contribution in [0.15, 0.2) is 177 Å². The fourth-order valence-electron chi connectivity index (χ4n) is 7.86. The minimum atomic E-state index is 0.580. The largest absolute Gasteiger partial charge is 0.456 e. The van der Waals surface area contributed by atoms with Crippen molar-refractivity contribution in [3.05, 3.63) is 164 Å². The Bertz CT molecular complexity index is 3070. The van der Waals surface area contributed by atoms with Gasteiger partial charge in [0.25, 0.3) is 0 Å². The smallest absolute Gasteiger partial charge is 0.227 e. The first kappa shape index (κ1) is 28.0. The van der Waals surface area contributed by atoms with Crippen molar-refractivity contribution >= 4 is 65.6 Å². The van der Waals surface area contributed by atoms with Gasteiger partial charge in [0.05, 0.1) is 0 Å². The molecule has 0 unspecified atom stereocenters. The number of aromatic nitrogens is 1. The van der Waals surface area contributed by atoms with E-state index >= 15 is 0 Å². The Balaban J connectivity index is 1.16. The molecule has 8 aromatic carbocycles. The van der Waals surface area contributed by atoms with E-state index in [-0.39, 0.29) is 0 Å². The molecular formula is C47H27NO3. The van der Waals surface area contributed by atoms with Crippen molar-refractivity contribution < 1.29 is 13.3 Å². The van der Waals surface area contributed by atoms with Crippen molar-refractivity contribution in [3.8, 4) is 45.0 Å². The molecule has 0 aliphatic rings. The zero-order valence-corrected chi connectivity index (χ0v) is 27.3. The molecule has 0 radical (unpaired) electrons. The Kier molecular flexibility index (Phi) is 5.92. The number of oxazole rings is 1. The first-order chi connectivity index (χ1) is 25.3. The molecule has 0 atom stereocenters. The molecule has 0 aliphatic heterocycles. The highest BCUT2D eigenvalue weighted by Gasteiger charge is 2.22. The number of benzene rings is 8. The van der Waals surface area contributed by atoms with Gasteiger partial charge in [-0.25, -0.2) is 4.98 Å². The van der Waals surface area contributed by atoms with Gasteiger partial charge in [-0.3, -0.25) is 0 Å². The standard InChI is InChI=1S/C47H27NO3/c1-3-12-28(13-4-1)41-27-31-26-30(22-24-38(31)49-41)42-32-16-7-9-18-34(32)43(35-19-10-8-17-33(35)42)36-20-11-21-39-44(36)37-23-25-40-45(46(37)50-39)48-47(51-40)29-14-5-2-6-15-29/h1-27H. The first-order valence-corrected chi connectivity index (χ1v) is 17.1. The Morgan fingerprint density at radius 2 is 1.04 bits per heavy atom. The molecule has 0 saturated heterocycles. The van der Waals surface area contributed by atoms with Gasteiger partial charge in [-0.15, -0.1) is 0 Å². The summed E-state index contributed by atoms with van der Waals surface area (Å²) in [4.78, 5) is 4.93. The van der Waals surface area contributed by atoms with E-state index in [4.69, 9.17) is 18.2 Å². The van der Waals surface area contributed by atoms with Crippen LogP contribution in [-0.4, -0.2) is 4.98 Å². The van der Waals surface area contributed by atoms with Crippen LogP contribution in [-0.2, 0) is 0 Å². The maximum Gasteiger partial charge on any atom is 0.227 e. The minimum absolute atomic E-state index is 0.580. The molecule has 11 aromatic rings. The van der Waals surface area contributed by atoms with Crippen LogP contribution in [0.1, 0.15) is 0 Å². The van der Waals surface area contributed by atoms with Crippen LogP contribution in [0.3, 0.4) is 0 Å². The Hall–Kier alpha value is -6.91. The zero-order valence-electron chi connectivity index (χ0n) is 27.3. The fraction of sp³-hybridized carbons (Fsp3) is 0. The van der Waals surface area contributed by atoms with Gasteiger partial charge >= 0.3 is 0 Å². The molecule has 0 saturated carbocycles. The average molecular weight is 654 g/mol. The molecule has 0 amide bonds. The molecule has 0 N–H and O–H groups in total. The predicted molar refractivity (Wildman–Crippen MR) is 208 cm³/mol. The van der Waals surface area contributed by atoms with Gasteiger partial charge in [0.15, 0.2) is 16.7 Å². The number of nitrogens with zero attached hydrogens (tertiary/aromatic N) is 1. The lowest BCUT2D eigenvalue weighted by molar-refractivity contribution is 0.619. The Morgan fingerprint density at radius 1 is 0.392 bits per heavy atom. The summed E-state index contributed by atoms with van der Waals surface area (Å²) in [6.45, 7) is 0. The summed E-state index contributed by atoms with van der Waals surface area (Å²) in [7, 11) is 0. The summed E-state index contributed by atoms with van der Waals surface area (Å²) in [6, 6.07) is 56.9. The van der Waals surface area contributed by atoms with Crippen LogP contribution >= 0.6 is 0 Å². The van der Waals surface area contributed by atoms with Crippen LogP contribution in [0.5, 0.6) is 0 Å². The molecule has 0 aliphatic carbocycles. The van der Waals surface area contributed by atoms with Crippen LogP contribution in [0.4, 0.5) is 0 Å². The van der Waals surface area contributed by atoms with Crippen molar-refractivity contribution in [1.29, 1.82) is 0 Å². The van der Waals surface area contributed by atoms with Crippen molar-refractivity contribution in [1.82, 2.24) is 4.98 Å². The summed E-state index contributed by atoms with van der Waals surface area (Å²) >= 11 is 0. The molecule has 4 heteroatoms. The number of rotatable bonds is 4. The minimum Gasteiger partial charge on any atom is -0.456 e. The predicted octanol–water partition coefficient (Wildman–Crippen LogP) is 13.4. The third kappa shape index (κ3) is 4.23. The highest BCUT2D eigenvalue weighted by Crippen LogP contribution is 2.48. The molecule has 0 fully saturated rings. The van der Waals surface area contributed by atoms with E-state index in [1.54, 1.807) is 0 Å². The van der Waals surface area contributed by atoms with E-state index in [1.807, 2.05) is 60.7 Å². The van der Waals surface area contributed by atoms with Crippen LogP contribution in [0, 0.1) is 0 Å². The number of furan rings is 2. The average Bonchev–Trinajstić information content (AvgIpc) is 3.93. The van der Waals surface area contributed by atoms with E-state index in [1.165, 1.54) is 32.7 Å². The van der Waals surface area contributed by atoms with Gasteiger partial charge in [-0.05, 0) is 92.3 Å². The maximum atomic E-state index is 6.64. The lowest BCUT2D eigenvalue weighted by Gasteiger charge is -2.18. The highest BCUT2D eigenvalue weighted by atomic mass is 16.4. The lowest BCUT2D eigenvalue weighted by atomic mass is 9.85. The maximum absolute atomic E-state index is 6.64. The Labute approximate surface area is 291 Å². The van der Waals surface area contributed by atoms with Gasteiger partial charge in [0.2, 0.25) is 5.89 Å². The van der Waals surface area contributed by atoms with E-state index < -0.39 is 0 Å². The lowest BCUT2D eigenvalue weighted by Crippen LogP contribution is -1.91. The number of fused-ring (bicyclic) bond motifs is 8. The van der Waals surface area contributed by atoms with Gasteiger partial charge in [0.1, 0.15) is 16.9 Å². The molecule has 11 rings (SSSR count).